The lowest BCUT2D eigenvalue weighted by Crippen LogP contribution is -2.01. The highest BCUT2D eigenvalue weighted by Crippen LogP contribution is 2.18. The van der Waals surface area contributed by atoms with Crippen LogP contribution in [0.4, 0.5) is 0 Å². The van der Waals surface area contributed by atoms with Crippen LogP contribution in [0.2, 0.25) is 5.02 Å². The number of carbonyl (C=O) groups is 1. The predicted molar refractivity (Wildman–Crippen MR) is 47.2 cm³/mol. The monoisotopic (exact) mass is 196 g/mol. The molecule has 0 aliphatic rings. The Kier molecular flexibility index (Phi) is 1.70. The van der Waals surface area contributed by atoms with Gasteiger partial charge in [0.15, 0.2) is 5.69 Å². The second-order valence-electron chi connectivity index (χ2n) is 2.54. The van der Waals surface area contributed by atoms with Gasteiger partial charge in [-0.1, -0.05) is 11.6 Å². The average Bonchev–Trinajstić information content (AvgIpc) is 2.47. The van der Waals surface area contributed by atoms with Crippen LogP contribution in [0.5, 0.6) is 0 Å². The van der Waals surface area contributed by atoms with Crippen LogP contribution in [-0.2, 0) is 0 Å². The van der Waals surface area contributed by atoms with E-state index in [0.29, 0.717) is 10.5 Å². The zero-order valence-electron chi connectivity index (χ0n) is 6.44. The largest absolute Gasteiger partial charge is 0.477 e. The van der Waals surface area contributed by atoms with Gasteiger partial charge in [-0.3, -0.25) is 0 Å². The van der Waals surface area contributed by atoms with Crippen molar-refractivity contribution >= 4 is 23.1 Å². The Balaban J connectivity index is 2.72. The molecule has 4 nitrogen and oxygen atoms in total. The van der Waals surface area contributed by atoms with Gasteiger partial charge in [0.25, 0.3) is 0 Å². The first-order chi connectivity index (χ1) is 6.18. The van der Waals surface area contributed by atoms with E-state index >= 15 is 0 Å². The Morgan fingerprint density at radius 3 is 3.08 bits per heavy atom. The van der Waals surface area contributed by atoms with Gasteiger partial charge >= 0.3 is 5.97 Å². The van der Waals surface area contributed by atoms with Gasteiger partial charge in [0.2, 0.25) is 0 Å². The maximum atomic E-state index is 10.6. The molecule has 0 bridgehead atoms. The highest BCUT2D eigenvalue weighted by Gasteiger charge is 2.07. The molecule has 0 atom stereocenters. The Labute approximate surface area is 78.4 Å². The van der Waals surface area contributed by atoms with E-state index < -0.39 is 5.97 Å². The minimum Gasteiger partial charge on any atom is -0.477 e. The van der Waals surface area contributed by atoms with Crippen LogP contribution in [0.1, 0.15) is 10.5 Å². The molecule has 0 aromatic carbocycles. The van der Waals surface area contributed by atoms with Crippen LogP contribution < -0.4 is 0 Å². The summed E-state index contributed by atoms with van der Waals surface area (Å²) in [5.74, 6) is -1.06. The molecule has 0 aliphatic heterocycles. The molecule has 0 unspecified atom stereocenters. The average molecular weight is 197 g/mol. The zero-order valence-corrected chi connectivity index (χ0v) is 7.19. The quantitative estimate of drug-likeness (QED) is 0.755. The lowest BCUT2D eigenvalue weighted by molar-refractivity contribution is 0.0690. The normalized spacial score (nSPS) is 10.5. The molecule has 5 heteroatoms. The lowest BCUT2D eigenvalue weighted by Gasteiger charge is -1.96. The van der Waals surface area contributed by atoms with E-state index in [1.54, 1.807) is 16.7 Å². The Morgan fingerprint density at radius 1 is 1.62 bits per heavy atom. The number of aromatic nitrogens is 2. The maximum Gasteiger partial charge on any atom is 0.354 e. The molecule has 0 amide bonds. The van der Waals surface area contributed by atoms with E-state index in [0.717, 1.165) is 0 Å². The summed E-state index contributed by atoms with van der Waals surface area (Å²) in [4.78, 5) is 14.3. The third kappa shape index (κ3) is 1.25. The van der Waals surface area contributed by atoms with Crippen molar-refractivity contribution < 1.29 is 9.90 Å². The number of halogens is 1. The first-order valence-corrected chi connectivity index (χ1v) is 3.92. The topological polar surface area (TPSA) is 54.6 Å². The van der Waals surface area contributed by atoms with Crippen LogP contribution in [0, 0.1) is 0 Å². The van der Waals surface area contributed by atoms with Crippen molar-refractivity contribution in [2.24, 2.45) is 0 Å². The van der Waals surface area contributed by atoms with Crippen molar-refractivity contribution in [3.05, 3.63) is 35.4 Å². The van der Waals surface area contributed by atoms with Gasteiger partial charge in [-0.25, -0.2) is 9.78 Å². The summed E-state index contributed by atoms with van der Waals surface area (Å²) in [7, 11) is 0. The van der Waals surface area contributed by atoms with Gasteiger partial charge in [-0.2, -0.15) is 0 Å². The van der Waals surface area contributed by atoms with Crippen LogP contribution >= 0.6 is 11.6 Å². The van der Waals surface area contributed by atoms with E-state index in [1.807, 2.05) is 0 Å². The molecular formula is C8H5ClN2O2. The van der Waals surface area contributed by atoms with Gasteiger partial charge in [-0.15, -0.1) is 0 Å². The Bertz CT molecular complexity index is 478. The van der Waals surface area contributed by atoms with Gasteiger partial charge in [0, 0.05) is 6.20 Å². The smallest absolute Gasteiger partial charge is 0.354 e. The highest BCUT2D eigenvalue weighted by atomic mass is 35.5. The molecule has 0 fully saturated rings. The summed E-state index contributed by atoms with van der Waals surface area (Å²) in [5.41, 5.74) is 0.641. The fourth-order valence-corrected chi connectivity index (χ4v) is 1.30. The fraction of sp³-hybridized carbons (Fsp3) is 0. The minimum atomic E-state index is -1.06. The number of aromatic carboxylic acids is 1. The van der Waals surface area contributed by atoms with Gasteiger partial charge < -0.3 is 9.51 Å². The van der Waals surface area contributed by atoms with Crippen LogP contribution in [-0.4, -0.2) is 20.5 Å². The second-order valence-corrected chi connectivity index (χ2v) is 2.94. The zero-order chi connectivity index (χ0) is 9.42. The van der Waals surface area contributed by atoms with Crippen molar-refractivity contribution in [1.29, 1.82) is 0 Å². The van der Waals surface area contributed by atoms with Crippen molar-refractivity contribution in [2.75, 3.05) is 0 Å². The summed E-state index contributed by atoms with van der Waals surface area (Å²) in [6, 6.07) is 3.12. The van der Waals surface area contributed by atoms with Crippen molar-refractivity contribution in [3.8, 4) is 0 Å². The number of fused-ring (bicyclic) bond motifs is 1. The highest BCUT2D eigenvalue weighted by molar-refractivity contribution is 6.34. The summed E-state index contributed by atoms with van der Waals surface area (Å²) in [6.45, 7) is 0. The molecule has 2 aromatic rings. The molecule has 1 N–H and O–H groups in total. The molecule has 2 heterocycles. The number of carboxylic acid groups (broad SMARTS) is 1. The molecule has 0 spiro atoms. The lowest BCUT2D eigenvalue weighted by atomic mass is 10.3. The first-order valence-electron chi connectivity index (χ1n) is 3.54. The first kappa shape index (κ1) is 8.07. The molecule has 13 heavy (non-hydrogen) atoms. The second kappa shape index (κ2) is 2.74. The predicted octanol–water partition coefficient (Wildman–Crippen LogP) is 1.69. The summed E-state index contributed by atoms with van der Waals surface area (Å²) >= 11 is 5.81. The molecule has 0 saturated carbocycles. The van der Waals surface area contributed by atoms with E-state index in [-0.39, 0.29) is 5.69 Å². The molecular weight excluding hydrogens is 192 g/mol. The molecule has 2 rings (SSSR count). The maximum absolute atomic E-state index is 10.6. The molecule has 0 saturated heterocycles. The van der Waals surface area contributed by atoms with Crippen LogP contribution in [0.3, 0.4) is 0 Å². The van der Waals surface area contributed by atoms with Crippen molar-refractivity contribution in [1.82, 2.24) is 9.38 Å². The summed E-state index contributed by atoms with van der Waals surface area (Å²) in [6.07, 6.45) is 3.14. The molecule has 66 valence electrons. The number of hydrogen-bond acceptors (Lipinski definition) is 2. The summed E-state index contributed by atoms with van der Waals surface area (Å²) < 4.78 is 1.66. The standard InChI is InChI=1S/C8H5ClN2O2/c9-5-1-2-11-4-10-6(8(12)13)3-7(5)11/h1-4H,(H,12,13). The number of rotatable bonds is 1. The van der Waals surface area contributed by atoms with Gasteiger partial charge in [0.1, 0.15) is 6.33 Å². The number of hydrogen-bond donors (Lipinski definition) is 1. The van der Waals surface area contributed by atoms with Crippen molar-refractivity contribution in [2.45, 2.75) is 0 Å². The van der Waals surface area contributed by atoms with Crippen LogP contribution in [0.15, 0.2) is 24.7 Å². The Morgan fingerprint density at radius 2 is 2.38 bits per heavy atom. The molecule has 0 aliphatic carbocycles. The fourth-order valence-electron chi connectivity index (χ4n) is 1.09. The third-order valence-electron chi connectivity index (χ3n) is 1.72. The third-order valence-corrected chi connectivity index (χ3v) is 2.04. The van der Waals surface area contributed by atoms with Gasteiger partial charge in [-0.05, 0) is 12.1 Å². The number of carboxylic acids is 1. The van der Waals surface area contributed by atoms with E-state index in [4.69, 9.17) is 16.7 Å². The van der Waals surface area contributed by atoms with Crippen LogP contribution in [0.25, 0.3) is 5.52 Å². The SMILES string of the molecule is O=C(O)c1cc2c(Cl)ccn2cn1. The van der Waals surface area contributed by atoms with E-state index in [1.165, 1.54) is 12.4 Å². The van der Waals surface area contributed by atoms with Gasteiger partial charge in [0.05, 0.1) is 10.5 Å². The summed E-state index contributed by atoms with van der Waals surface area (Å²) in [5, 5.41) is 9.18. The van der Waals surface area contributed by atoms with Crippen molar-refractivity contribution in [3.63, 3.8) is 0 Å². The molecule has 0 radical (unpaired) electrons. The number of nitrogens with zero attached hydrogens (tertiary/aromatic N) is 2. The molecule has 2 aromatic heterocycles. The van der Waals surface area contributed by atoms with E-state index in [2.05, 4.69) is 4.98 Å². The Hall–Kier alpha value is -1.55. The van der Waals surface area contributed by atoms with E-state index in [9.17, 15) is 4.79 Å². The minimum absolute atomic E-state index is 0.00639.